The van der Waals surface area contributed by atoms with E-state index in [0.717, 1.165) is 17.2 Å². The number of benzene rings is 1. The molecule has 2 aliphatic rings. The molecule has 24 heavy (non-hydrogen) atoms. The number of fused-ring (bicyclic) bond motifs is 3. The third-order valence-electron chi connectivity index (χ3n) is 4.73. The van der Waals surface area contributed by atoms with Crippen LogP contribution in [0.4, 0.5) is 0 Å². The van der Waals surface area contributed by atoms with E-state index in [1.54, 1.807) is 18.2 Å². The second-order valence-corrected chi connectivity index (χ2v) is 6.26. The molecule has 0 fully saturated rings. The smallest absolute Gasteiger partial charge is 0.335 e. The molecule has 1 aromatic heterocycles. The van der Waals surface area contributed by atoms with Crippen LogP contribution in [0.3, 0.4) is 0 Å². The van der Waals surface area contributed by atoms with E-state index >= 15 is 0 Å². The molecule has 122 valence electrons. The lowest BCUT2D eigenvalue weighted by Crippen LogP contribution is -2.35. The molecule has 2 atom stereocenters. The number of carboxylic acids is 1. The van der Waals surface area contributed by atoms with Gasteiger partial charge >= 0.3 is 5.97 Å². The Morgan fingerprint density at radius 2 is 2.08 bits per heavy atom. The van der Waals surface area contributed by atoms with Gasteiger partial charge in [-0.25, -0.2) is 4.79 Å². The first-order valence-electron chi connectivity index (χ1n) is 7.91. The number of rotatable bonds is 3. The maximum atomic E-state index is 11.2. The van der Waals surface area contributed by atoms with Crippen LogP contribution < -0.4 is 0 Å². The maximum absolute atomic E-state index is 11.2. The van der Waals surface area contributed by atoms with Crippen LogP contribution >= 0.6 is 0 Å². The Bertz CT molecular complexity index is 881. The minimum Gasteiger partial charge on any atom is -0.478 e. The summed E-state index contributed by atoms with van der Waals surface area (Å²) in [6.07, 6.45) is 6.39. The summed E-state index contributed by atoms with van der Waals surface area (Å²) in [6.45, 7) is 4.73. The Kier molecular flexibility index (Phi) is 3.26. The lowest BCUT2D eigenvalue weighted by atomic mass is 10.0. The van der Waals surface area contributed by atoms with E-state index in [9.17, 15) is 9.90 Å². The second-order valence-electron chi connectivity index (χ2n) is 6.26. The monoisotopic (exact) mass is 322 g/mol. The fraction of sp³-hybridized carbons (Fsp3) is 0.278. The van der Waals surface area contributed by atoms with Crippen molar-refractivity contribution < 1.29 is 9.90 Å². The molecule has 0 spiro atoms. The fourth-order valence-electron chi connectivity index (χ4n) is 3.59. The largest absolute Gasteiger partial charge is 0.478 e. The van der Waals surface area contributed by atoms with Gasteiger partial charge in [-0.15, -0.1) is 10.2 Å². The number of aryl methyl sites for hydroxylation is 1. The normalized spacial score (nSPS) is 21.4. The van der Waals surface area contributed by atoms with Gasteiger partial charge in [0, 0.05) is 12.2 Å². The zero-order chi connectivity index (χ0) is 16.8. The topological polar surface area (TPSA) is 71.2 Å². The van der Waals surface area contributed by atoms with Gasteiger partial charge in [0.05, 0.1) is 17.6 Å². The average Bonchev–Trinajstić information content (AvgIpc) is 3.09. The first-order valence-corrected chi connectivity index (χ1v) is 7.91. The number of nitrogens with zero attached hydrogens (tertiary/aromatic N) is 4. The standard InChI is InChI=1S/C18H18N4O2/c1-11-8-16-15(6-7-17-20-19-12(2)22(16)17)21(11)10-13-4-3-5-14(9-13)18(23)24/h3-9,15-16H,10H2,1-2H3,(H,23,24). The second kappa shape index (κ2) is 5.33. The quantitative estimate of drug-likeness (QED) is 0.940. The highest BCUT2D eigenvalue weighted by molar-refractivity contribution is 5.87. The van der Waals surface area contributed by atoms with Crippen LogP contribution in [0, 0.1) is 6.92 Å². The van der Waals surface area contributed by atoms with E-state index in [0.29, 0.717) is 12.1 Å². The zero-order valence-corrected chi connectivity index (χ0v) is 13.5. The van der Waals surface area contributed by atoms with Crippen molar-refractivity contribution in [3.05, 3.63) is 64.9 Å². The van der Waals surface area contributed by atoms with Gasteiger partial charge in [0.15, 0.2) is 5.82 Å². The van der Waals surface area contributed by atoms with E-state index in [1.165, 1.54) is 5.70 Å². The molecular weight excluding hydrogens is 304 g/mol. The van der Waals surface area contributed by atoms with E-state index in [4.69, 9.17) is 0 Å². The summed E-state index contributed by atoms with van der Waals surface area (Å²) in [5.74, 6) is 0.890. The molecule has 0 amide bonds. The number of aromatic carboxylic acids is 1. The van der Waals surface area contributed by atoms with Crippen molar-refractivity contribution in [2.75, 3.05) is 0 Å². The summed E-state index contributed by atoms with van der Waals surface area (Å²) in [5.41, 5.74) is 2.49. The van der Waals surface area contributed by atoms with Crippen molar-refractivity contribution in [3.63, 3.8) is 0 Å². The highest BCUT2D eigenvalue weighted by atomic mass is 16.4. The maximum Gasteiger partial charge on any atom is 0.335 e. The zero-order valence-electron chi connectivity index (χ0n) is 13.5. The molecule has 0 saturated carbocycles. The van der Waals surface area contributed by atoms with Crippen LogP contribution in [0.2, 0.25) is 0 Å². The molecule has 4 rings (SSSR count). The minimum absolute atomic E-state index is 0.183. The first-order chi connectivity index (χ1) is 11.5. The van der Waals surface area contributed by atoms with Crippen molar-refractivity contribution >= 4 is 12.0 Å². The Morgan fingerprint density at radius 3 is 2.88 bits per heavy atom. The summed E-state index contributed by atoms with van der Waals surface area (Å²) in [6, 6.07) is 7.50. The number of aromatic nitrogens is 3. The molecule has 2 unspecified atom stereocenters. The summed E-state index contributed by atoms with van der Waals surface area (Å²) >= 11 is 0. The molecule has 2 aromatic rings. The van der Waals surface area contributed by atoms with Gasteiger partial charge < -0.3 is 14.6 Å². The van der Waals surface area contributed by atoms with Gasteiger partial charge in [0.1, 0.15) is 5.82 Å². The van der Waals surface area contributed by atoms with Crippen molar-refractivity contribution in [2.24, 2.45) is 0 Å². The summed E-state index contributed by atoms with van der Waals surface area (Å²) < 4.78 is 2.15. The van der Waals surface area contributed by atoms with Crippen LogP contribution in [0.1, 0.15) is 40.5 Å². The van der Waals surface area contributed by atoms with Gasteiger partial charge in [0.25, 0.3) is 0 Å². The SMILES string of the molecule is CC1=CC2C(C=Cc3nnc(C)n32)N1Cc1cccc(C(=O)O)c1. The first kappa shape index (κ1) is 14.7. The number of carboxylic acid groups (broad SMARTS) is 1. The van der Waals surface area contributed by atoms with Gasteiger partial charge in [-0.05, 0) is 43.7 Å². The van der Waals surface area contributed by atoms with Crippen LogP contribution in [0.5, 0.6) is 0 Å². The number of hydrogen-bond acceptors (Lipinski definition) is 4. The van der Waals surface area contributed by atoms with Crippen LogP contribution in [-0.2, 0) is 6.54 Å². The lowest BCUT2D eigenvalue weighted by Gasteiger charge is -2.32. The highest BCUT2D eigenvalue weighted by Crippen LogP contribution is 2.37. The Hall–Kier alpha value is -2.89. The summed E-state index contributed by atoms with van der Waals surface area (Å²) in [5, 5.41) is 17.5. The van der Waals surface area contributed by atoms with Gasteiger partial charge in [0.2, 0.25) is 0 Å². The molecule has 0 aliphatic carbocycles. The molecular formula is C18H18N4O2. The van der Waals surface area contributed by atoms with Crippen LogP contribution in [0.25, 0.3) is 6.08 Å². The fourth-order valence-corrected chi connectivity index (χ4v) is 3.59. The average molecular weight is 322 g/mol. The number of allylic oxidation sites excluding steroid dienone is 1. The van der Waals surface area contributed by atoms with Gasteiger partial charge in [-0.3, -0.25) is 0 Å². The third-order valence-corrected chi connectivity index (χ3v) is 4.73. The highest BCUT2D eigenvalue weighted by Gasteiger charge is 2.36. The number of carbonyl (C=O) groups is 1. The van der Waals surface area contributed by atoms with E-state index in [2.05, 4.69) is 38.7 Å². The van der Waals surface area contributed by atoms with E-state index in [-0.39, 0.29) is 12.1 Å². The van der Waals surface area contributed by atoms with Crippen LogP contribution in [-0.4, -0.2) is 36.8 Å². The Labute approximate surface area is 139 Å². The van der Waals surface area contributed by atoms with E-state index in [1.807, 2.05) is 19.1 Å². The molecule has 2 aliphatic heterocycles. The van der Waals surface area contributed by atoms with Crippen molar-refractivity contribution in [3.8, 4) is 0 Å². The molecule has 6 heteroatoms. The van der Waals surface area contributed by atoms with Crippen LogP contribution in [0.15, 0.2) is 42.1 Å². The van der Waals surface area contributed by atoms with Crippen molar-refractivity contribution in [1.29, 1.82) is 0 Å². The summed E-state index contributed by atoms with van der Waals surface area (Å²) in [4.78, 5) is 13.5. The predicted molar refractivity (Wildman–Crippen MR) is 89.3 cm³/mol. The van der Waals surface area contributed by atoms with Crippen molar-refractivity contribution in [2.45, 2.75) is 32.5 Å². The third kappa shape index (κ3) is 2.22. The predicted octanol–water partition coefficient (Wildman–Crippen LogP) is 2.64. The molecule has 0 saturated heterocycles. The van der Waals surface area contributed by atoms with Gasteiger partial charge in [-0.1, -0.05) is 18.2 Å². The molecule has 0 bridgehead atoms. The minimum atomic E-state index is -0.897. The molecule has 3 heterocycles. The summed E-state index contributed by atoms with van der Waals surface area (Å²) in [7, 11) is 0. The lowest BCUT2D eigenvalue weighted by molar-refractivity contribution is 0.0696. The molecule has 0 radical (unpaired) electrons. The Morgan fingerprint density at radius 1 is 1.25 bits per heavy atom. The Balaban J connectivity index is 1.64. The molecule has 6 nitrogen and oxygen atoms in total. The van der Waals surface area contributed by atoms with Gasteiger partial charge in [-0.2, -0.15) is 0 Å². The van der Waals surface area contributed by atoms with E-state index < -0.39 is 5.97 Å². The molecule has 1 N–H and O–H groups in total. The number of hydrogen-bond donors (Lipinski definition) is 1. The molecule has 1 aromatic carbocycles. The van der Waals surface area contributed by atoms with Crippen molar-refractivity contribution in [1.82, 2.24) is 19.7 Å².